The van der Waals surface area contributed by atoms with Gasteiger partial charge < -0.3 is 25.8 Å². The van der Waals surface area contributed by atoms with Crippen molar-refractivity contribution in [3.8, 4) is 0 Å². The zero-order valence-corrected chi connectivity index (χ0v) is 27.0. The Bertz CT molecular complexity index is 1530. The number of aromatic amines is 1. The van der Waals surface area contributed by atoms with Crippen LogP contribution in [0.3, 0.4) is 0 Å². The van der Waals surface area contributed by atoms with E-state index in [-0.39, 0.29) is 41.7 Å². The summed E-state index contributed by atoms with van der Waals surface area (Å²) in [5.41, 5.74) is 2.52. The summed E-state index contributed by atoms with van der Waals surface area (Å²) in [6, 6.07) is 8.33. The maximum Gasteiger partial charge on any atom is 0.326 e. The van der Waals surface area contributed by atoms with Gasteiger partial charge in [0.2, 0.25) is 17.7 Å². The van der Waals surface area contributed by atoms with Crippen LogP contribution >= 0.6 is 0 Å². The number of aromatic nitrogens is 3. The fraction of sp³-hybridized carbons (Fsp3) is 0.529. The molecule has 46 heavy (non-hydrogen) atoms. The van der Waals surface area contributed by atoms with Crippen molar-refractivity contribution in [2.75, 3.05) is 26.2 Å². The first-order chi connectivity index (χ1) is 22.3. The fourth-order valence-electron chi connectivity index (χ4n) is 5.70. The highest BCUT2D eigenvalue weighted by atomic mass is 16.2. The number of imidazole rings is 1. The second-order valence-electron chi connectivity index (χ2n) is 12.1. The highest BCUT2D eigenvalue weighted by Crippen LogP contribution is 2.15. The maximum atomic E-state index is 13.3. The molecule has 2 bridgehead atoms. The number of unbranched alkanes of at least 4 members (excludes halogenated alkanes) is 1. The number of rotatable bonds is 7. The molecule has 0 fully saturated rings. The van der Waals surface area contributed by atoms with Gasteiger partial charge in [0.1, 0.15) is 6.04 Å². The first-order valence-electron chi connectivity index (χ1n) is 16.5. The molecule has 0 radical (unpaired) electrons. The second kappa shape index (κ2) is 17.3. The summed E-state index contributed by atoms with van der Waals surface area (Å²) in [4.78, 5) is 73.7. The summed E-state index contributed by atoms with van der Waals surface area (Å²) in [6.07, 6.45) is 8.82. The molecule has 0 saturated heterocycles. The van der Waals surface area contributed by atoms with Gasteiger partial charge in [-0.2, -0.15) is 0 Å². The molecule has 0 spiro atoms. The Labute approximate surface area is 269 Å². The van der Waals surface area contributed by atoms with Crippen LogP contribution in [0.2, 0.25) is 0 Å². The third-order valence-electron chi connectivity index (χ3n) is 8.61. The van der Waals surface area contributed by atoms with Crippen LogP contribution in [0, 0.1) is 5.92 Å². The Morgan fingerprint density at radius 1 is 1.00 bits per heavy atom. The molecule has 0 aliphatic carbocycles. The topological polar surface area (TPSA) is 158 Å². The second-order valence-corrected chi connectivity index (χ2v) is 12.1. The van der Waals surface area contributed by atoms with Gasteiger partial charge in [-0.1, -0.05) is 26.3 Å². The van der Waals surface area contributed by atoms with E-state index >= 15 is 0 Å². The van der Waals surface area contributed by atoms with Gasteiger partial charge in [0, 0.05) is 63.5 Å². The average molecular weight is 634 g/mol. The van der Waals surface area contributed by atoms with Gasteiger partial charge >= 0.3 is 5.69 Å². The van der Waals surface area contributed by atoms with Crippen molar-refractivity contribution in [1.82, 2.24) is 35.4 Å². The summed E-state index contributed by atoms with van der Waals surface area (Å²) in [5, 5.41) is 8.76. The lowest BCUT2D eigenvalue weighted by Crippen LogP contribution is -2.50. The Morgan fingerprint density at radius 3 is 2.57 bits per heavy atom. The van der Waals surface area contributed by atoms with Gasteiger partial charge in [0.15, 0.2) is 0 Å². The zero-order chi connectivity index (χ0) is 32.9. The molecular formula is C34H47N7O5. The van der Waals surface area contributed by atoms with Crippen LogP contribution in [0.1, 0.15) is 81.1 Å². The van der Waals surface area contributed by atoms with Crippen LogP contribution in [-0.2, 0) is 27.3 Å². The van der Waals surface area contributed by atoms with Crippen molar-refractivity contribution >= 4 is 34.7 Å². The number of pyridine rings is 1. The van der Waals surface area contributed by atoms with E-state index in [9.17, 15) is 24.0 Å². The Morgan fingerprint density at radius 2 is 1.78 bits per heavy atom. The molecule has 2 aromatic heterocycles. The van der Waals surface area contributed by atoms with E-state index in [0.717, 1.165) is 24.8 Å². The molecule has 4 N–H and O–H groups in total. The molecule has 2 atom stereocenters. The third-order valence-corrected chi connectivity index (χ3v) is 8.61. The first-order valence-corrected chi connectivity index (χ1v) is 16.5. The quantitative estimate of drug-likeness (QED) is 0.293. The molecule has 4 amide bonds. The summed E-state index contributed by atoms with van der Waals surface area (Å²) in [7, 11) is 0. The molecule has 0 saturated carbocycles. The molecule has 0 unspecified atom stereocenters. The minimum atomic E-state index is -0.681. The first kappa shape index (κ1) is 34.4. The largest absolute Gasteiger partial charge is 0.354 e. The number of carbonyl (C=O) groups is 4. The highest BCUT2D eigenvalue weighted by molar-refractivity contribution is 5.97. The molecule has 12 heteroatoms. The molecule has 3 heterocycles. The lowest BCUT2D eigenvalue weighted by atomic mass is 9.98. The van der Waals surface area contributed by atoms with Crippen molar-refractivity contribution in [3.05, 3.63) is 64.3 Å². The maximum absolute atomic E-state index is 13.3. The summed E-state index contributed by atoms with van der Waals surface area (Å²) in [6.45, 7) is 5.78. The number of hydrogen-bond donors (Lipinski definition) is 4. The van der Waals surface area contributed by atoms with Crippen molar-refractivity contribution < 1.29 is 19.2 Å². The Balaban J connectivity index is 1.45. The Hall–Kier alpha value is -4.48. The standard InChI is InChI=1S/C34H47N7O5/c1-3-24(2)31-33(45)37-18-9-21-41-28-22-26(14-15-27(28)38-34(41)46)32(44)36-17-8-20-40(19-7-12-29(42)39-31)30(43)13-5-4-10-25-11-6-16-35-23-25/h6,11,14-16,22-24,31H,3-5,7-10,12-13,17-21H2,1-2H3,(H,36,44)(H,37,45)(H,38,46)(H,39,42)/t24-,31-/m0/s1. The minimum Gasteiger partial charge on any atom is -0.354 e. The number of H-pyrrole nitrogens is 1. The number of amides is 4. The van der Waals surface area contributed by atoms with E-state index in [1.54, 1.807) is 33.9 Å². The molecule has 1 aliphatic heterocycles. The molecular weight excluding hydrogens is 586 g/mol. The van der Waals surface area contributed by atoms with Gasteiger partial charge in [-0.25, -0.2) is 4.79 Å². The van der Waals surface area contributed by atoms with Gasteiger partial charge in [0.25, 0.3) is 5.91 Å². The van der Waals surface area contributed by atoms with Crippen LogP contribution < -0.4 is 21.6 Å². The monoisotopic (exact) mass is 633 g/mol. The van der Waals surface area contributed by atoms with E-state index in [1.165, 1.54) is 0 Å². The van der Waals surface area contributed by atoms with Gasteiger partial charge in [-0.3, -0.25) is 28.7 Å². The summed E-state index contributed by atoms with van der Waals surface area (Å²) in [5.74, 6) is -0.815. The lowest BCUT2D eigenvalue weighted by Gasteiger charge is -2.25. The molecule has 1 aromatic carbocycles. The molecule has 1 aliphatic rings. The number of benzene rings is 1. The summed E-state index contributed by atoms with van der Waals surface area (Å²) < 4.78 is 1.56. The predicted molar refractivity (Wildman–Crippen MR) is 176 cm³/mol. The van der Waals surface area contributed by atoms with Crippen molar-refractivity contribution in [3.63, 3.8) is 0 Å². The molecule has 12 nitrogen and oxygen atoms in total. The van der Waals surface area contributed by atoms with Crippen molar-refractivity contribution in [2.24, 2.45) is 5.92 Å². The lowest BCUT2D eigenvalue weighted by molar-refractivity contribution is -0.132. The van der Waals surface area contributed by atoms with Crippen LogP contribution in [0.25, 0.3) is 11.0 Å². The van der Waals surface area contributed by atoms with E-state index in [4.69, 9.17) is 0 Å². The fourth-order valence-corrected chi connectivity index (χ4v) is 5.70. The van der Waals surface area contributed by atoms with Crippen molar-refractivity contribution in [2.45, 2.75) is 84.2 Å². The Kier molecular flexibility index (Phi) is 12.9. The van der Waals surface area contributed by atoms with Gasteiger partial charge in [0.05, 0.1) is 11.0 Å². The predicted octanol–water partition coefficient (Wildman–Crippen LogP) is 2.92. The number of nitrogens with zero attached hydrogens (tertiary/aromatic N) is 3. The smallest absolute Gasteiger partial charge is 0.326 e. The number of nitrogens with one attached hydrogen (secondary N) is 4. The van der Waals surface area contributed by atoms with Gasteiger partial charge in [-0.15, -0.1) is 0 Å². The highest BCUT2D eigenvalue weighted by Gasteiger charge is 2.26. The van der Waals surface area contributed by atoms with E-state index < -0.39 is 6.04 Å². The van der Waals surface area contributed by atoms with Crippen LogP contribution in [-0.4, -0.2) is 75.3 Å². The van der Waals surface area contributed by atoms with Crippen LogP contribution in [0.4, 0.5) is 0 Å². The molecule has 3 aromatic rings. The minimum absolute atomic E-state index is 0.0176. The van der Waals surface area contributed by atoms with E-state index in [2.05, 4.69) is 25.9 Å². The third kappa shape index (κ3) is 9.76. The average Bonchev–Trinajstić information content (AvgIpc) is 3.38. The van der Waals surface area contributed by atoms with Crippen molar-refractivity contribution in [1.29, 1.82) is 0 Å². The molecule has 248 valence electrons. The number of aryl methyl sites for hydroxylation is 2. The van der Waals surface area contributed by atoms with Crippen LogP contribution in [0.15, 0.2) is 47.5 Å². The van der Waals surface area contributed by atoms with E-state index in [0.29, 0.717) is 81.4 Å². The molecule has 4 rings (SSSR count). The zero-order valence-electron chi connectivity index (χ0n) is 27.0. The summed E-state index contributed by atoms with van der Waals surface area (Å²) >= 11 is 0. The van der Waals surface area contributed by atoms with Gasteiger partial charge in [-0.05, 0) is 74.3 Å². The van der Waals surface area contributed by atoms with Crippen LogP contribution in [0.5, 0.6) is 0 Å². The number of fused-ring (bicyclic) bond motifs is 1. The number of carbonyl (C=O) groups excluding carboxylic acids is 4. The normalized spacial score (nSPS) is 18.3. The SMILES string of the molecule is CC[C@H](C)[C@@H]1NC(=O)CCCN(C(=O)CCCCc2cccnc2)CCCNC(=O)c2ccc3[nH]c(=O)n(c3c2)CCCNC1=O. The number of hydrogen-bond acceptors (Lipinski definition) is 6. The van der Waals surface area contributed by atoms with E-state index in [1.807, 2.05) is 32.2 Å².